The summed E-state index contributed by atoms with van der Waals surface area (Å²) in [5, 5.41) is 4.81. The maximum atomic E-state index is 12.6. The molecule has 0 saturated heterocycles. The van der Waals surface area contributed by atoms with Gasteiger partial charge in [0.2, 0.25) is 5.75 Å². The van der Waals surface area contributed by atoms with E-state index in [0.717, 1.165) is 5.56 Å². The standard InChI is InChI=1S/C21H25ClN2O4/c1-5-26-18-12-16(13-19(27-6-2)20(18)28-7-3)21(25)24-23-14(4)15-8-10-17(22)11-9-15/h8-13H,5-7H2,1-4H3,(H,24,25)/b23-14+. The van der Waals surface area contributed by atoms with Crippen molar-refractivity contribution in [1.29, 1.82) is 0 Å². The van der Waals surface area contributed by atoms with Gasteiger partial charge in [-0.25, -0.2) is 5.43 Å². The summed E-state index contributed by atoms with van der Waals surface area (Å²) in [5.41, 5.74) is 4.45. The average Bonchev–Trinajstić information content (AvgIpc) is 2.69. The van der Waals surface area contributed by atoms with Crippen molar-refractivity contribution in [3.63, 3.8) is 0 Å². The summed E-state index contributed by atoms with van der Waals surface area (Å²) in [5.74, 6) is 1.03. The molecule has 2 aromatic rings. The number of benzene rings is 2. The summed E-state index contributed by atoms with van der Waals surface area (Å²) in [6.45, 7) is 8.73. The molecular weight excluding hydrogens is 380 g/mol. The number of amides is 1. The predicted molar refractivity (Wildman–Crippen MR) is 111 cm³/mol. The van der Waals surface area contributed by atoms with Gasteiger partial charge in [-0.15, -0.1) is 0 Å². The number of hydrazone groups is 1. The second-order valence-electron chi connectivity index (χ2n) is 5.75. The zero-order valence-electron chi connectivity index (χ0n) is 16.5. The van der Waals surface area contributed by atoms with E-state index in [-0.39, 0.29) is 5.91 Å². The molecule has 2 aromatic carbocycles. The minimum absolute atomic E-state index is 0.364. The van der Waals surface area contributed by atoms with Crippen LogP contribution in [0.5, 0.6) is 17.2 Å². The molecule has 0 unspecified atom stereocenters. The Balaban J connectivity index is 2.28. The molecule has 0 spiro atoms. The number of halogens is 1. The highest BCUT2D eigenvalue weighted by atomic mass is 35.5. The molecule has 28 heavy (non-hydrogen) atoms. The molecule has 0 fully saturated rings. The van der Waals surface area contributed by atoms with Crippen molar-refractivity contribution in [2.75, 3.05) is 19.8 Å². The number of carbonyl (C=O) groups is 1. The van der Waals surface area contributed by atoms with Crippen molar-refractivity contribution in [2.24, 2.45) is 5.10 Å². The molecule has 7 heteroatoms. The zero-order valence-corrected chi connectivity index (χ0v) is 17.3. The van der Waals surface area contributed by atoms with Gasteiger partial charge in [0.05, 0.1) is 25.5 Å². The van der Waals surface area contributed by atoms with Crippen LogP contribution in [0.1, 0.15) is 43.6 Å². The number of rotatable bonds is 9. The first-order valence-corrected chi connectivity index (χ1v) is 9.54. The van der Waals surface area contributed by atoms with Crippen LogP contribution in [0, 0.1) is 0 Å². The molecule has 0 saturated carbocycles. The van der Waals surface area contributed by atoms with Crippen LogP contribution in [0.4, 0.5) is 0 Å². The zero-order chi connectivity index (χ0) is 20.5. The second-order valence-corrected chi connectivity index (χ2v) is 6.18. The Morgan fingerprint density at radius 2 is 1.46 bits per heavy atom. The van der Waals surface area contributed by atoms with Crippen LogP contribution < -0.4 is 19.6 Å². The lowest BCUT2D eigenvalue weighted by atomic mass is 10.1. The predicted octanol–water partition coefficient (Wildman–Crippen LogP) is 4.69. The molecule has 0 radical (unpaired) electrons. The minimum Gasteiger partial charge on any atom is -0.490 e. The fraction of sp³-hybridized carbons (Fsp3) is 0.333. The normalized spacial score (nSPS) is 11.1. The number of hydrogen-bond donors (Lipinski definition) is 1. The lowest BCUT2D eigenvalue weighted by Crippen LogP contribution is -2.20. The first-order valence-electron chi connectivity index (χ1n) is 9.17. The highest BCUT2D eigenvalue weighted by molar-refractivity contribution is 6.30. The summed E-state index contributed by atoms with van der Waals surface area (Å²) < 4.78 is 16.9. The van der Waals surface area contributed by atoms with Gasteiger partial charge in [0.15, 0.2) is 11.5 Å². The monoisotopic (exact) mass is 404 g/mol. The maximum Gasteiger partial charge on any atom is 0.271 e. The van der Waals surface area contributed by atoms with Gasteiger partial charge in [-0.05, 0) is 57.5 Å². The van der Waals surface area contributed by atoms with Gasteiger partial charge in [-0.1, -0.05) is 23.7 Å². The summed E-state index contributed by atoms with van der Waals surface area (Å²) in [6, 6.07) is 10.5. The summed E-state index contributed by atoms with van der Waals surface area (Å²) in [7, 11) is 0. The molecule has 2 rings (SSSR count). The Morgan fingerprint density at radius 1 is 0.929 bits per heavy atom. The summed E-state index contributed by atoms with van der Waals surface area (Å²) >= 11 is 5.90. The molecule has 0 aromatic heterocycles. The van der Waals surface area contributed by atoms with Gasteiger partial charge < -0.3 is 14.2 Å². The van der Waals surface area contributed by atoms with Crippen LogP contribution in [0.15, 0.2) is 41.5 Å². The first kappa shape index (κ1) is 21.6. The van der Waals surface area contributed by atoms with Gasteiger partial charge in [0, 0.05) is 10.6 Å². The van der Waals surface area contributed by atoms with Crippen LogP contribution in [0.2, 0.25) is 5.02 Å². The van der Waals surface area contributed by atoms with E-state index in [4.69, 9.17) is 25.8 Å². The number of nitrogens with one attached hydrogen (secondary N) is 1. The topological polar surface area (TPSA) is 69.2 Å². The Bertz CT molecular complexity index is 808. The summed E-state index contributed by atoms with van der Waals surface area (Å²) in [6.07, 6.45) is 0. The third-order valence-electron chi connectivity index (χ3n) is 3.76. The molecule has 0 aliphatic rings. The van der Waals surface area contributed by atoms with Crippen LogP contribution in [0.25, 0.3) is 0 Å². The van der Waals surface area contributed by atoms with Crippen LogP contribution >= 0.6 is 11.6 Å². The van der Waals surface area contributed by atoms with Crippen molar-refractivity contribution in [3.8, 4) is 17.2 Å². The van der Waals surface area contributed by atoms with E-state index in [9.17, 15) is 4.79 Å². The fourth-order valence-corrected chi connectivity index (χ4v) is 2.60. The number of nitrogens with zero attached hydrogens (tertiary/aromatic N) is 1. The molecule has 1 amide bonds. The SMILES string of the molecule is CCOc1cc(C(=O)N/N=C(\C)c2ccc(Cl)cc2)cc(OCC)c1OCC. The van der Waals surface area contributed by atoms with Gasteiger partial charge in [0.25, 0.3) is 5.91 Å². The molecule has 0 atom stereocenters. The van der Waals surface area contributed by atoms with E-state index in [0.29, 0.717) is 53.4 Å². The number of ether oxygens (including phenoxy) is 3. The van der Waals surface area contributed by atoms with E-state index in [2.05, 4.69) is 10.5 Å². The number of carbonyl (C=O) groups excluding carboxylic acids is 1. The van der Waals surface area contributed by atoms with Crippen LogP contribution in [-0.4, -0.2) is 31.4 Å². The maximum absolute atomic E-state index is 12.6. The lowest BCUT2D eigenvalue weighted by molar-refractivity contribution is 0.0953. The van der Waals surface area contributed by atoms with Gasteiger partial charge in [-0.2, -0.15) is 5.10 Å². The van der Waals surface area contributed by atoms with E-state index in [1.165, 1.54) is 0 Å². The van der Waals surface area contributed by atoms with Crippen LogP contribution in [-0.2, 0) is 0 Å². The molecule has 0 aliphatic heterocycles. The third-order valence-corrected chi connectivity index (χ3v) is 4.01. The van der Waals surface area contributed by atoms with E-state index in [1.54, 1.807) is 31.2 Å². The average molecular weight is 405 g/mol. The molecular formula is C21H25ClN2O4. The highest BCUT2D eigenvalue weighted by Crippen LogP contribution is 2.39. The fourth-order valence-electron chi connectivity index (χ4n) is 2.47. The molecule has 0 heterocycles. The molecule has 0 bridgehead atoms. The Hall–Kier alpha value is -2.73. The van der Waals surface area contributed by atoms with Crippen molar-refractivity contribution < 1.29 is 19.0 Å². The molecule has 6 nitrogen and oxygen atoms in total. The van der Waals surface area contributed by atoms with E-state index < -0.39 is 0 Å². The second kappa shape index (κ2) is 10.6. The molecule has 150 valence electrons. The third kappa shape index (κ3) is 5.63. The molecule has 1 N–H and O–H groups in total. The quantitative estimate of drug-likeness (QED) is 0.486. The Labute approximate surface area is 170 Å². The van der Waals surface area contributed by atoms with Gasteiger partial charge >= 0.3 is 0 Å². The molecule has 0 aliphatic carbocycles. The summed E-state index contributed by atoms with van der Waals surface area (Å²) in [4.78, 5) is 12.6. The highest BCUT2D eigenvalue weighted by Gasteiger charge is 2.18. The van der Waals surface area contributed by atoms with Crippen molar-refractivity contribution >= 4 is 23.2 Å². The minimum atomic E-state index is -0.377. The lowest BCUT2D eigenvalue weighted by Gasteiger charge is -2.16. The smallest absolute Gasteiger partial charge is 0.271 e. The number of hydrogen-bond acceptors (Lipinski definition) is 5. The van der Waals surface area contributed by atoms with Crippen molar-refractivity contribution in [1.82, 2.24) is 5.43 Å². The Kier molecular flexibility index (Phi) is 8.14. The Morgan fingerprint density at radius 3 is 1.96 bits per heavy atom. The van der Waals surface area contributed by atoms with Crippen molar-refractivity contribution in [3.05, 3.63) is 52.5 Å². The van der Waals surface area contributed by atoms with Gasteiger partial charge in [-0.3, -0.25) is 4.79 Å². The van der Waals surface area contributed by atoms with E-state index in [1.807, 2.05) is 32.9 Å². The van der Waals surface area contributed by atoms with Crippen molar-refractivity contribution in [2.45, 2.75) is 27.7 Å². The largest absolute Gasteiger partial charge is 0.490 e. The van der Waals surface area contributed by atoms with Gasteiger partial charge in [0.1, 0.15) is 0 Å². The first-order chi connectivity index (χ1) is 13.5. The van der Waals surface area contributed by atoms with Crippen LogP contribution in [0.3, 0.4) is 0 Å². The van der Waals surface area contributed by atoms with E-state index >= 15 is 0 Å².